The minimum atomic E-state index is -0.346. The van der Waals surface area contributed by atoms with E-state index in [1.807, 2.05) is 6.20 Å². The highest BCUT2D eigenvalue weighted by Crippen LogP contribution is 2.02. The first-order valence-corrected chi connectivity index (χ1v) is 6.88. The number of nitrogens with zero attached hydrogens (tertiary/aromatic N) is 5. The Labute approximate surface area is 121 Å². The molecule has 2 heterocycles. The van der Waals surface area contributed by atoms with Gasteiger partial charge in [0.25, 0.3) is 5.56 Å². The molecule has 114 valence electrons. The van der Waals surface area contributed by atoms with Gasteiger partial charge in [-0.3, -0.25) is 13.9 Å². The third kappa shape index (κ3) is 3.46. The smallest absolute Gasteiger partial charge is 0.330 e. The minimum Gasteiger partial charge on any atom is -0.330 e. The molecule has 0 aliphatic rings. The third-order valence-corrected chi connectivity index (χ3v) is 3.42. The van der Waals surface area contributed by atoms with Crippen molar-refractivity contribution in [1.29, 1.82) is 0 Å². The predicted octanol–water partition coefficient (Wildman–Crippen LogP) is -0.995. The van der Waals surface area contributed by atoms with Gasteiger partial charge in [0.15, 0.2) is 0 Å². The summed E-state index contributed by atoms with van der Waals surface area (Å²) in [5.74, 6) is 0. The van der Waals surface area contributed by atoms with Crippen molar-refractivity contribution in [3.63, 3.8) is 0 Å². The molecule has 0 saturated heterocycles. The summed E-state index contributed by atoms with van der Waals surface area (Å²) in [6.07, 6.45) is 4.58. The first-order valence-electron chi connectivity index (χ1n) is 6.88. The molecular formula is C13H20N6O2. The summed E-state index contributed by atoms with van der Waals surface area (Å²) in [7, 11) is 3.09. The van der Waals surface area contributed by atoms with Crippen LogP contribution in [0, 0.1) is 0 Å². The van der Waals surface area contributed by atoms with Gasteiger partial charge in [-0.15, -0.1) is 5.10 Å². The summed E-state index contributed by atoms with van der Waals surface area (Å²) in [5.41, 5.74) is 6.27. The summed E-state index contributed by atoms with van der Waals surface area (Å²) in [6, 6.07) is 1.44. The molecule has 0 aromatic carbocycles. The Morgan fingerprint density at radius 2 is 1.95 bits per heavy atom. The van der Waals surface area contributed by atoms with Crippen LogP contribution in [0.5, 0.6) is 0 Å². The van der Waals surface area contributed by atoms with E-state index in [2.05, 4.69) is 10.3 Å². The predicted molar refractivity (Wildman–Crippen MR) is 78.0 cm³/mol. The van der Waals surface area contributed by atoms with E-state index in [-0.39, 0.29) is 11.2 Å². The van der Waals surface area contributed by atoms with E-state index in [1.165, 1.54) is 17.7 Å². The largest absolute Gasteiger partial charge is 0.330 e. The van der Waals surface area contributed by atoms with Crippen LogP contribution in [0.4, 0.5) is 0 Å². The molecule has 2 N–H and O–H groups in total. The van der Waals surface area contributed by atoms with Crippen LogP contribution in [0.1, 0.15) is 24.2 Å². The van der Waals surface area contributed by atoms with Gasteiger partial charge in [0, 0.05) is 32.1 Å². The van der Waals surface area contributed by atoms with Crippen LogP contribution in [0.3, 0.4) is 0 Å². The molecule has 0 saturated carbocycles. The van der Waals surface area contributed by atoms with Crippen molar-refractivity contribution < 1.29 is 0 Å². The molecule has 2 aromatic heterocycles. The number of aromatic nitrogens is 5. The molecule has 0 atom stereocenters. The summed E-state index contributed by atoms with van der Waals surface area (Å²) in [5, 5.41) is 8.10. The monoisotopic (exact) mass is 292 g/mol. The molecule has 0 fully saturated rings. The Balaban J connectivity index is 2.16. The molecule has 0 unspecified atom stereocenters. The lowest BCUT2D eigenvalue weighted by atomic mass is 10.2. The van der Waals surface area contributed by atoms with Crippen molar-refractivity contribution in [3.8, 4) is 0 Å². The fourth-order valence-corrected chi connectivity index (χ4v) is 2.08. The molecule has 2 rings (SSSR count). The molecule has 21 heavy (non-hydrogen) atoms. The van der Waals surface area contributed by atoms with Gasteiger partial charge in [0.2, 0.25) is 0 Å². The fourth-order valence-electron chi connectivity index (χ4n) is 2.08. The molecule has 0 amide bonds. The van der Waals surface area contributed by atoms with Gasteiger partial charge in [-0.2, -0.15) is 0 Å². The number of hydrogen-bond acceptors (Lipinski definition) is 5. The summed E-state index contributed by atoms with van der Waals surface area (Å²) in [6.45, 7) is 1.01. The Kier molecular flexibility index (Phi) is 4.69. The zero-order valence-electron chi connectivity index (χ0n) is 12.3. The average Bonchev–Trinajstić information content (AvgIpc) is 2.90. The average molecular weight is 292 g/mol. The number of unbranched alkanes of at least 4 members (excludes halogenated alkanes) is 1. The standard InChI is InChI=1S/C13H20N6O2/c1-17-11(7-12(20)18(2)13(17)21)9-19-8-10(15-16-19)5-3-4-6-14/h7-8H,3-6,9,14H2,1-2H3. The van der Waals surface area contributed by atoms with Crippen molar-refractivity contribution in [2.24, 2.45) is 19.8 Å². The summed E-state index contributed by atoms with van der Waals surface area (Å²) in [4.78, 5) is 23.5. The zero-order chi connectivity index (χ0) is 15.4. The van der Waals surface area contributed by atoms with E-state index in [0.717, 1.165) is 29.5 Å². The summed E-state index contributed by atoms with van der Waals surface area (Å²) < 4.78 is 4.15. The maximum Gasteiger partial charge on any atom is 0.330 e. The second kappa shape index (κ2) is 6.49. The quantitative estimate of drug-likeness (QED) is 0.689. The summed E-state index contributed by atoms with van der Waals surface area (Å²) >= 11 is 0. The van der Waals surface area contributed by atoms with E-state index in [4.69, 9.17) is 5.73 Å². The Bertz CT molecular complexity index is 727. The lowest BCUT2D eigenvalue weighted by Crippen LogP contribution is -2.38. The molecule has 2 aromatic rings. The molecular weight excluding hydrogens is 272 g/mol. The lowest BCUT2D eigenvalue weighted by molar-refractivity contribution is 0.582. The van der Waals surface area contributed by atoms with Gasteiger partial charge in [0.05, 0.1) is 12.2 Å². The van der Waals surface area contributed by atoms with Crippen LogP contribution in [-0.2, 0) is 27.1 Å². The van der Waals surface area contributed by atoms with Gasteiger partial charge in [-0.25, -0.2) is 9.48 Å². The van der Waals surface area contributed by atoms with Crippen molar-refractivity contribution >= 4 is 0 Å². The number of hydrogen-bond donors (Lipinski definition) is 1. The van der Waals surface area contributed by atoms with Gasteiger partial charge in [-0.05, 0) is 25.8 Å². The van der Waals surface area contributed by atoms with Crippen LogP contribution < -0.4 is 17.0 Å². The molecule has 0 aliphatic carbocycles. The van der Waals surface area contributed by atoms with Gasteiger partial charge >= 0.3 is 5.69 Å². The second-order valence-corrected chi connectivity index (χ2v) is 5.03. The molecule has 0 aliphatic heterocycles. The highest BCUT2D eigenvalue weighted by molar-refractivity contribution is 5.03. The highest BCUT2D eigenvalue weighted by Gasteiger charge is 2.08. The molecule has 8 nitrogen and oxygen atoms in total. The zero-order valence-corrected chi connectivity index (χ0v) is 12.3. The van der Waals surface area contributed by atoms with Gasteiger partial charge in [0.1, 0.15) is 0 Å². The maximum absolute atomic E-state index is 11.8. The Morgan fingerprint density at radius 3 is 2.67 bits per heavy atom. The third-order valence-electron chi connectivity index (χ3n) is 3.42. The van der Waals surface area contributed by atoms with E-state index in [1.54, 1.807) is 11.7 Å². The Morgan fingerprint density at radius 1 is 1.19 bits per heavy atom. The number of aryl methyl sites for hydroxylation is 1. The number of nitrogens with two attached hydrogens (primary N) is 1. The van der Waals surface area contributed by atoms with Crippen LogP contribution in [-0.4, -0.2) is 30.7 Å². The molecule has 0 bridgehead atoms. The van der Waals surface area contributed by atoms with E-state index >= 15 is 0 Å². The van der Waals surface area contributed by atoms with Gasteiger partial charge in [-0.1, -0.05) is 5.21 Å². The van der Waals surface area contributed by atoms with Gasteiger partial charge < -0.3 is 5.73 Å². The van der Waals surface area contributed by atoms with Crippen LogP contribution >= 0.6 is 0 Å². The molecule has 0 spiro atoms. The van der Waals surface area contributed by atoms with Crippen LogP contribution in [0.2, 0.25) is 0 Å². The normalized spacial score (nSPS) is 11.0. The second-order valence-electron chi connectivity index (χ2n) is 5.03. The highest BCUT2D eigenvalue weighted by atomic mass is 16.2. The minimum absolute atomic E-state index is 0.323. The Hall–Kier alpha value is -2.22. The first kappa shape index (κ1) is 15.2. The van der Waals surface area contributed by atoms with E-state index in [9.17, 15) is 9.59 Å². The van der Waals surface area contributed by atoms with Crippen molar-refractivity contribution in [3.05, 3.63) is 44.5 Å². The first-order chi connectivity index (χ1) is 10.0. The van der Waals surface area contributed by atoms with E-state index < -0.39 is 0 Å². The lowest BCUT2D eigenvalue weighted by Gasteiger charge is -2.08. The van der Waals surface area contributed by atoms with Crippen molar-refractivity contribution in [1.82, 2.24) is 24.1 Å². The van der Waals surface area contributed by atoms with Crippen molar-refractivity contribution in [2.75, 3.05) is 6.54 Å². The molecule has 8 heteroatoms. The van der Waals surface area contributed by atoms with Crippen LogP contribution in [0.15, 0.2) is 21.9 Å². The van der Waals surface area contributed by atoms with Crippen LogP contribution in [0.25, 0.3) is 0 Å². The topological polar surface area (TPSA) is 101 Å². The SMILES string of the molecule is Cn1c(Cn2cc(CCCCN)nn2)cc(=O)n(C)c1=O. The fraction of sp³-hybridized carbons (Fsp3) is 0.538. The molecule has 0 radical (unpaired) electrons. The number of rotatable bonds is 6. The van der Waals surface area contributed by atoms with E-state index in [0.29, 0.717) is 18.8 Å². The van der Waals surface area contributed by atoms with Crippen molar-refractivity contribution in [2.45, 2.75) is 25.8 Å². The maximum atomic E-state index is 11.8.